The molecule has 13 aromatic carbocycles. The van der Waals surface area contributed by atoms with Gasteiger partial charge in [0, 0.05) is 65.5 Å². The van der Waals surface area contributed by atoms with E-state index in [1.54, 1.807) is 0 Å². The van der Waals surface area contributed by atoms with E-state index in [9.17, 15) is 0 Å². The lowest BCUT2D eigenvalue weighted by molar-refractivity contribution is 1.10. The summed E-state index contributed by atoms with van der Waals surface area (Å²) >= 11 is 0. The normalized spacial score (nSPS) is 12.0. The maximum absolute atomic E-state index is 5.68. The maximum atomic E-state index is 5.68. The Morgan fingerprint density at radius 2 is 0.535 bits per heavy atom. The molecule has 0 spiro atoms. The van der Waals surface area contributed by atoms with E-state index in [2.05, 4.69) is 328 Å². The summed E-state index contributed by atoms with van der Waals surface area (Å²) < 4.78 is 9.57. The van der Waals surface area contributed by atoms with Crippen molar-refractivity contribution in [2.75, 3.05) is 0 Å². The van der Waals surface area contributed by atoms with Gasteiger partial charge in [0.1, 0.15) is 5.82 Å². The minimum Gasteiger partial charge on any atom is -0.309 e. The number of nitrogens with zero attached hydrogens (tertiary/aromatic N) is 5. The smallest absolute Gasteiger partial charge is 0.138 e. The highest BCUT2D eigenvalue weighted by molar-refractivity contribution is 6.15. The molecule has 0 radical (unpaired) electrons. The zero-order valence-corrected chi connectivity index (χ0v) is 46.7. The Labute approximate surface area is 495 Å². The van der Waals surface area contributed by atoms with Gasteiger partial charge in [0.05, 0.1) is 49.7 Å². The van der Waals surface area contributed by atoms with Crippen LogP contribution in [-0.4, -0.2) is 23.3 Å². The molecule has 0 saturated heterocycles. The van der Waals surface area contributed by atoms with Crippen molar-refractivity contribution in [3.8, 4) is 67.4 Å². The van der Waals surface area contributed by atoms with Gasteiger partial charge in [-0.1, -0.05) is 188 Å². The van der Waals surface area contributed by atoms with Gasteiger partial charge in [-0.05, 0) is 166 Å². The van der Waals surface area contributed by atoms with Crippen LogP contribution in [0.1, 0.15) is 0 Å². The van der Waals surface area contributed by atoms with Crippen molar-refractivity contribution in [3.05, 3.63) is 309 Å². The molecule has 86 heavy (non-hydrogen) atoms. The molecule has 0 atom stereocenters. The van der Waals surface area contributed by atoms with E-state index < -0.39 is 0 Å². The second-order valence-corrected chi connectivity index (χ2v) is 22.7. The van der Waals surface area contributed by atoms with Crippen LogP contribution in [0.3, 0.4) is 0 Å². The van der Waals surface area contributed by atoms with Gasteiger partial charge in [-0.3, -0.25) is 4.57 Å². The Kier molecular flexibility index (Phi) is 10.6. The summed E-state index contributed by atoms with van der Waals surface area (Å²) in [5.41, 5.74) is 22.9. The van der Waals surface area contributed by atoms with Gasteiger partial charge in [0.2, 0.25) is 0 Å². The van der Waals surface area contributed by atoms with E-state index in [0.717, 1.165) is 72.5 Å². The number of para-hydroxylation sites is 6. The molecular weight excluding hydrogens is 1040 g/mol. The standard InChI is InChI=1S/C81H51N5/c1-4-20-52(21-5-1)60-26-10-11-27-61(60)66-51-81(86-76-35-19-15-31-65(76)71-49-56(39-45-80(71)86)54-37-43-78-69(47-54)63-29-13-17-33-74(63)84(78)58-24-8-3-9-25-58)82-72-41-40-59(50-67(66)72)85-75-34-18-14-30-64(75)70-48-55(38-44-79(70)85)53-36-42-77-68(46-53)62-28-12-16-32-73(62)83(77)57-22-6-2-7-23-57/h1-51H. The molecule has 5 heteroatoms. The van der Waals surface area contributed by atoms with E-state index in [4.69, 9.17) is 4.98 Å². The number of benzene rings is 13. The molecule has 18 aromatic rings. The minimum absolute atomic E-state index is 0.865. The van der Waals surface area contributed by atoms with Crippen LogP contribution < -0.4 is 0 Å². The van der Waals surface area contributed by atoms with Gasteiger partial charge < -0.3 is 13.7 Å². The zero-order chi connectivity index (χ0) is 56.4. The molecule has 0 fully saturated rings. The molecule has 5 aromatic heterocycles. The summed E-state index contributed by atoms with van der Waals surface area (Å²) in [5, 5.41) is 10.8. The largest absolute Gasteiger partial charge is 0.309 e. The van der Waals surface area contributed by atoms with Crippen LogP contribution in [0, 0.1) is 0 Å². The van der Waals surface area contributed by atoms with E-state index in [1.807, 2.05) is 0 Å². The zero-order valence-electron chi connectivity index (χ0n) is 46.7. The SMILES string of the molecule is c1ccc(-c2ccccc2-c2cc(-n3c4ccccc4c4cc(-c5ccc6c(c5)c5ccccc5n6-c5ccccc5)ccc43)nc3ccc(-n4c5ccccc5c5cc(-c6ccc7c(c6)c6ccccc6n7-c6ccccc6)ccc54)cc23)cc1. The maximum Gasteiger partial charge on any atom is 0.138 e. The highest BCUT2D eigenvalue weighted by atomic mass is 15.1. The van der Waals surface area contributed by atoms with Gasteiger partial charge in [-0.25, -0.2) is 4.98 Å². The molecule has 0 aliphatic heterocycles. The highest BCUT2D eigenvalue weighted by Gasteiger charge is 2.22. The van der Waals surface area contributed by atoms with E-state index in [0.29, 0.717) is 0 Å². The summed E-state index contributed by atoms with van der Waals surface area (Å²) in [5.74, 6) is 0.865. The van der Waals surface area contributed by atoms with Crippen molar-refractivity contribution in [1.82, 2.24) is 23.3 Å². The number of aromatic nitrogens is 5. The summed E-state index contributed by atoms with van der Waals surface area (Å²) in [6, 6.07) is 113. The Morgan fingerprint density at radius 1 is 0.186 bits per heavy atom. The Balaban J connectivity index is 0.800. The number of fused-ring (bicyclic) bond motifs is 13. The highest BCUT2D eigenvalue weighted by Crippen LogP contribution is 2.44. The predicted molar refractivity (Wildman–Crippen MR) is 361 cm³/mol. The quantitative estimate of drug-likeness (QED) is 0.149. The first-order valence-corrected chi connectivity index (χ1v) is 29.5. The predicted octanol–water partition coefficient (Wildman–Crippen LogP) is 21.3. The first-order chi connectivity index (χ1) is 42.7. The molecule has 0 N–H and O–H groups in total. The molecule has 0 aliphatic carbocycles. The number of rotatable bonds is 8. The molecule has 0 bridgehead atoms. The Bertz CT molecular complexity index is 5760. The average molecular weight is 1090 g/mol. The van der Waals surface area contributed by atoms with Crippen LogP contribution in [0.25, 0.3) is 166 Å². The molecule has 5 nitrogen and oxygen atoms in total. The molecule has 0 unspecified atom stereocenters. The van der Waals surface area contributed by atoms with Gasteiger partial charge in [-0.15, -0.1) is 0 Å². The summed E-state index contributed by atoms with van der Waals surface area (Å²) in [4.78, 5) is 5.68. The van der Waals surface area contributed by atoms with Crippen LogP contribution in [0.5, 0.6) is 0 Å². The topological polar surface area (TPSA) is 32.6 Å². The Morgan fingerprint density at radius 3 is 0.988 bits per heavy atom. The lowest BCUT2D eigenvalue weighted by Crippen LogP contribution is -2.01. The molecule has 400 valence electrons. The fourth-order valence-electron chi connectivity index (χ4n) is 14.1. The summed E-state index contributed by atoms with van der Waals surface area (Å²) in [7, 11) is 0. The van der Waals surface area contributed by atoms with Gasteiger partial charge in [0.25, 0.3) is 0 Å². The van der Waals surface area contributed by atoms with Crippen LogP contribution >= 0.6 is 0 Å². The van der Waals surface area contributed by atoms with Crippen LogP contribution in [0.15, 0.2) is 309 Å². The van der Waals surface area contributed by atoms with Crippen molar-refractivity contribution in [2.24, 2.45) is 0 Å². The van der Waals surface area contributed by atoms with Gasteiger partial charge >= 0.3 is 0 Å². The van der Waals surface area contributed by atoms with Crippen molar-refractivity contribution >= 4 is 98.1 Å². The molecular formula is C81H51N5. The van der Waals surface area contributed by atoms with Gasteiger partial charge in [0.15, 0.2) is 0 Å². The van der Waals surface area contributed by atoms with E-state index >= 15 is 0 Å². The van der Waals surface area contributed by atoms with Crippen LogP contribution in [0.2, 0.25) is 0 Å². The van der Waals surface area contributed by atoms with Gasteiger partial charge in [-0.2, -0.15) is 0 Å². The third-order valence-corrected chi connectivity index (χ3v) is 18.0. The first-order valence-electron chi connectivity index (χ1n) is 29.5. The molecule has 0 aliphatic rings. The summed E-state index contributed by atoms with van der Waals surface area (Å²) in [6.45, 7) is 0. The Hall–Kier alpha value is -11.5. The van der Waals surface area contributed by atoms with E-state index in [1.165, 1.54) is 93.0 Å². The third-order valence-electron chi connectivity index (χ3n) is 18.0. The van der Waals surface area contributed by atoms with Crippen molar-refractivity contribution in [2.45, 2.75) is 0 Å². The number of pyridine rings is 1. The van der Waals surface area contributed by atoms with Crippen molar-refractivity contribution in [3.63, 3.8) is 0 Å². The fraction of sp³-hybridized carbons (Fsp3) is 0. The molecule has 5 heterocycles. The molecule has 18 rings (SSSR count). The third kappa shape index (κ3) is 7.35. The lowest BCUT2D eigenvalue weighted by atomic mass is 9.92. The number of hydrogen-bond donors (Lipinski definition) is 0. The fourth-order valence-corrected chi connectivity index (χ4v) is 14.1. The first kappa shape index (κ1) is 48.0. The molecule has 0 amide bonds. The monoisotopic (exact) mass is 1090 g/mol. The van der Waals surface area contributed by atoms with Crippen molar-refractivity contribution < 1.29 is 0 Å². The second-order valence-electron chi connectivity index (χ2n) is 22.7. The molecule has 0 saturated carbocycles. The minimum atomic E-state index is 0.865. The second kappa shape index (κ2) is 19.0. The van der Waals surface area contributed by atoms with E-state index in [-0.39, 0.29) is 0 Å². The van der Waals surface area contributed by atoms with Crippen LogP contribution in [0.4, 0.5) is 0 Å². The lowest BCUT2D eigenvalue weighted by Gasteiger charge is -2.17. The van der Waals surface area contributed by atoms with Crippen molar-refractivity contribution in [1.29, 1.82) is 0 Å². The van der Waals surface area contributed by atoms with Crippen LogP contribution in [-0.2, 0) is 0 Å². The number of hydrogen-bond acceptors (Lipinski definition) is 1. The average Bonchev–Trinajstić information content (AvgIpc) is 3.34. The summed E-state index contributed by atoms with van der Waals surface area (Å²) in [6.07, 6.45) is 0.